The van der Waals surface area contributed by atoms with Crippen molar-refractivity contribution >= 4 is 11.8 Å². The first-order valence-electron chi connectivity index (χ1n) is 7.09. The van der Waals surface area contributed by atoms with Crippen LogP contribution in [0.3, 0.4) is 0 Å². The number of amides is 2. The van der Waals surface area contributed by atoms with Crippen molar-refractivity contribution in [3.05, 3.63) is 0 Å². The molecule has 0 radical (unpaired) electrons. The maximum atomic E-state index is 11.2. The van der Waals surface area contributed by atoms with Crippen LogP contribution in [-0.2, 0) is 30.3 Å². The molecule has 0 aromatic carbocycles. The van der Waals surface area contributed by atoms with Gasteiger partial charge in [0, 0.05) is 12.5 Å². The van der Waals surface area contributed by atoms with Crippen LogP contribution >= 0.6 is 0 Å². The molecule has 1 saturated carbocycles. The van der Waals surface area contributed by atoms with Crippen molar-refractivity contribution in [2.24, 2.45) is 5.41 Å². The summed E-state index contributed by atoms with van der Waals surface area (Å²) in [6, 6.07) is 0.427. The van der Waals surface area contributed by atoms with Crippen molar-refractivity contribution in [2.75, 3.05) is 0 Å². The van der Waals surface area contributed by atoms with Crippen molar-refractivity contribution in [3.63, 3.8) is 0 Å². The molecule has 0 heterocycles. The summed E-state index contributed by atoms with van der Waals surface area (Å²) in [6.45, 7) is 8.30. The molecule has 4 nitrogen and oxygen atoms in total. The zero-order chi connectivity index (χ0) is 14.9. The second-order valence-corrected chi connectivity index (χ2v) is 6.17. The average molecular weight is 374 g/mol. The van der Waals surface area contributed by atoms with E-state index in [4.69, 9.17) is 0 Å². The van der Waals surface area contributed by atoms with E-state index in [0.717, 1.165) is 12.8 Å². The van der Waals surface area contributed by atoms with E-state index in [2.05, 4.69) is 23.0 Å². The predicted octanol–water partition coefficient (Wildman–Crippen LogP) is -3.54. The van der Waals surface area contributed by atoms with Crippen LogP contribution in [0.2, 0.25) is 0 Å². The third-order valence-electron chi connectivity index (χ3n) is 3.35. The molecule has 0 bridgehead atoms. The van der Waals surface area contributed by atoms with E-state index in [9.17, 15) is 9.59 Å². The Hall–Kier alpha value is 0.234. The maximum absolute atomic E-state index is 11.2. The van der Waals surface area contributed by atoms with E-state index in [1.54, 1.807) is 20.7 Å². The van der Waals surface area contributed by atoms with Crippen molar-refractivity contribution in [2.45, 2.75) is 72.3 Å². The Balaban J connectivity index is -0.000000352. The summed E-state index contributed by atoms with van der Waals surface area (Å²) in [6.07, 6.45) is 6.04. The molecule has 21 heavy (non-hydrogen) atoms. The largest absolute Gasteiger partial charge is 1.00 e. The van der Waals surface area contributed by atoms with Crippen LogP contribution in [0.5, 0.6) is 0 Å². The monoisotopic (exact) mass is 373 g/mol. The minimum atomic E-state index is 0. The van der Waals surface area contributed by atoms with Crippen molar-refractivity contribution < 1.29 is 55.1 Å². The number of hydrogen-bond acceptors (Lipinski definition) is 2. The molecule has 1 unspecified atom stereocenters. The third-order valence-corrected chi connectivity index (χ3v) is 3.79. The smallest absolute Gasteiger partial charge is 1.00 e. The van der Waals surface area contributed by atoms with Gasteiger partial charge in [0.05, 0.1) is 0 Å². The van der Waals surface area contributed by atoms with Crippen LogP contribution in [0.1, 0.15) is 66.2 Å². The molecule has 0 aromatic heterocycles. The fourth-order valence-corrected chi connectivity index (χ4v) is 2.52. The van der Waals surface area contributed by atoms with Gasteiger partial charge in [0.15, 0.2) is 0 Å². The summed E-state index contributed by atoms with van der Waals surface area (Å²) in [5.74, 6) is 0.290. The van der Waals surface area contributed by atoms with Crippen LogP contribution in [0.25, 0.3) is 0 Å². The van der Waals surface area contributed by atoms with Crippen LogP contribution in [0.4, 0.5) is 0 Å². The Morgan fingerprint density at radius 3 is 2.00 bits per heavy atom. The molecule has 0 aliphatic heterocycles. The normalized spacial score (nSPS) is 18.9. The van der Waals surface area contributed by atoms with E-state index in [-0.39, 0.29) is 36.6 Å². The van der Waals surface area contributed by atoms with Crippen LogP contribution in [-0.4, -0.2) is 17.9 Å². The van der Waals surface area contributed by atoms with Crippen LogP contribution < -0.4 is 33.9 Å². The minimum Gasteiger partial charge on any atom is -1.00 e. The SMILES string of the molecule is CCC(=O)NC1CCCC(C)(C)C1.CCC(=O)[NH][Ti+2].[Cl-].[Cl-]. The Bertz CT molecular complexity index is 297. The number of carbonyl (C=O) groups is 2. The number of rotatable bonds is 3. The molecule has 1 aliphatic carbocycles. The van der Waals surface area contributed by atoms with Crippen molar-refractivity contribution in [1.29, 1.82) is 0 Å². The van der Waals surface area contributed by atoms with Crippen LogP contribution in [0.15, 0.2) is 0 Å². The Labute approximate surface area is 153 Å². The average Bonchev–Trinajstić information content (AvgIpc) is 2.37. The third kappa shape index (κ3) is 13.6. The Kier molecular flexibility index (Phi) is 17.3. The van der Waals surface area contributed by atoms with E-state index in [1.807, 2.05) is 13.8 Å². The summed E-state index contributed by atoms with van der Waals surface area (Å²) >= 11 is 1.63. The number of carbonyl (C=O) groups excluding carboxylic acids is 2. The van der Waals surface area contributed by atoms with Crippen molar-refractivity contribution in [1.82, 2.24) is 9.12 Å². The first-order chi connectivity index (χ1) is 8.84. The quantitative estimate of drug-likeness (QED) is 0.503. The van der Waals surface area contributed by atoms with E-state index >= 15 is 0 Å². The number of hydrogen-bond donors (Lipinski definition) is 2. The van der Waals surface area contributed by atoms with E-state index in [0.29, 0.717) is 24.3 Å². The van der Waals surface area contributed by atoms with Gasteiger partial charge < -0.3 is 30.1 Å². The fourth-order valence-electron chi connectivity index (χ4n) is 2.24. The first-order valence-corrected chi connectivity index (χ1v) is 7.87. The van der Waals surface area contributed by atoms with Gasteiger partial charge in [0.2, 0.25) is 5.91 Å². The van der Waals surface area contributed by atoms with Gasteiger partial charge in [-0.05, 0) is 24.7 Å². The molecule has 123 valence electrons. The van der Waals surface area contributed by atoms with Crippen molar-refractivity contribution in [3.8, 4) is 0 Å². The topological polar surface area (TPSA) is 58.2 Å². The summed E-state index contributed by atoms with van der Waals surface area (Å²) in [5.41, 5.74) is 0.421. The zero-order valence-corrected chi connectivity index (χ0v) is 16.5. The predicted molar refractivity (Wildman–Crippen MR) is 72.9 cm³/mol. The van der Waals surface area contributed by atoms with E-state index in [1.165, 1.54) is 12.8 Å². The molecule has 1 atom stereocenters. The first kappa shape index (κ1) is 26.1. The molecule has 2 amide bonds. The molecule has 7 heteroatoms. The molecule has 1 rings (SSSR count). The second kappa shape index (κ2) is 13.9. The van der Waals surface area contributed by atoms with Gasteiger partial charge in [0.1, 0.15) is 0 Å². The molecule has 1 fully saturated rings. The van der Waals surface area contributed by atoms with Gasteiger partial charge in [-0.2, -0.15) is 0 Å². The van der Waals surface area contributed by atoms with Gasteiger partial charge in [-0.15, -0.1) is 0 Å². The summed E-state index contributed by atoms with van der Waals surface area (Å²) in [5, 5.41) is 3.09. The van der Waals surface area contributed by atoms with Crippen LogP contribution in [0, 0.1) is 5.41 Å². The molecule has 0 spiro atoms. The van der Waals surface area contributed by atoms with Gasteiger partial charge in [0.25, 0.3) is 0 Å². The molecule has 0 aromatic rings. The zero-order valence-electron chi connectivity index (χ0n) is 13.4. The number of halogens is 2. The maximum Gasteiger partial charge on any atom is -1.00 e. The van der Waals surface area contributed by atoms with E-state index < -0.39 is 0 Å². The summed E-state index contributed by atoms with van der Waals surface area (Å²) in [4.78, 5) is 21.2. The molecule has 1 aliphatic rings. The molecule has 0 saturated heterocycles. The van der Waals surface area contributed by atoms with Gasteiger partial charge in [-0.25, -0.2) is 0 Å². The summed E-state index contributed by atoms with van der Waals surface area (Å²) < 4.78 is 2.48. The molecule has 2 N–H and O–H groups in total. The standard InChI is InChI=1S/C11H21NO.C3H7NO.2ClH.Ti/c1-4-10(13)12-9-6-5-7-11(2,3)8-9;1-2-3(4)5;;;/h9H,4-8H2,1-3H3,(H,12,13);2H2,1H3,(H2,4,5);2*1H;/q;;;;+3/p-3. The summed E-state index contributed by atoms with van der Waals surface area (Å²) in [7, 11) is 0. The fraction of sp³-hybridized carbons (Fsp3) is 0.857. The molecular formula is C14H27Cl2N2O2Ti. The second-order valence-electron chi connectivity index (χ2n) is 5.78. The minimum absolute atomic E-state index is 0. The Morgan fingerprint density at radius 2 is 1.67 bits per heavy atom. The van der Waals surface area contributed by atoms with Gasteiger partial charge >= 0.3 is 48.5 Å². The Morgan fingerprint density at radius 1 is 1.14 bits per heavy atom. The number of nitrogens with one attached hydrogen (secondary N) is 2. The molecular weight excluding hydrogens is 347 g/mol. The van der Waals surface area contributed by atoms with Gasteiger partial charge in [-0.3, -0.25) is 4.79 Å². The van der Waals surface area contributed by atoms with Gasteiger partial charge in [-0.1, -0.05) is 27.2 Å².